The normalized spacial score (nSPS) is 14.6. The lowest BCUT2D eigenvalue weighted by Gasteiger charge is -2.33. The van der Waals surface area contributed by atoms with Gasteiger partial charge in [0.15, 0.2) is 11.3 Å². The van der Waals surface area contributed by atoms with Crippen molar-refractivity contribution in [2.24, 2.45) is 0 Å². The fraction of sp³-hybridized carbons (Fsp3) is 0.607. The number of fused-ring (bicyclic) bond motifs is 2. The third-order valence-corrected chi connectivity index (χ3v) is 7.40. The average Bonchev–Trinajstić information content (AvgIpc) is 3.30. The van der Waals surface area contributed by atoms with E-state index in [4.69, 9.17) is 13.9 Å². The number of unbranched alkanes of at least 4 members (excludes halogenated alkanes) is 7. The molecule has 0 radical (unpaired) electrons. The molecule has 1 aliphatic heterocycles. The van der Waals surface area contributed by atoms with Gasteiger partial charge in [-0.15, -0.1) is 5.10 Å². The van der Waals surface area contributed by atoms with Crippen molar-refractivity contribution in [2.75, 3.05) is 11.9 Å². The lowest BCUT2D eigenvalue weighted by atomic mass is 9.92. The first kappa shape index (κ1) is 27.6. The Morgan fingerprint density at radius 2 is 1.84 bits per heavy atom. The van der Waals surface area contributed by atoms with Gasteiger partial charge in [0.25, 0.3) is 0 Å². The van der Waals surface area contributed by atoms with Crippen LogP contribution in [-0.4, -0.2) is 37.6 Å². The quantitative estimate of drug-likeness (QED) is 0.137. The number of hydrogen-bond donors (Lipinski definition) is 1. The Balaban J connectivity index is 1.31. The van der Waals surface area contributed by atoms with Gasteiger partial charge in [-0.05, 0) is 56.7 Å². The molecule has 0 fully saturated rings. The molecule has 8 nitrogen and oxygen atoms in total. The highest BCUT2D eigenvalue weighted by atomic mass is 79.9. The molecule has 4 rings (SSSR count). The van der Waals surface area contributed by atoms with Gasteiger partial charge in [0.05, 0.1) is 19.3 Å². The minimum absolute atomic E-state index is 0.124. The van der Waals surface area contributed by atoms with Crippen LogP contribution in [0.1, 0.15) is 88.5 Å². The summed E-state index contributed by atoms with van der Waals surface area (Å²) in [5.74, 6) is 0.274. The monoisotopic (exact) mass is 575 g/mol. The number of benzene rings is 1. The summed E-state index contributed by atoms with van der Waals surface area (Å²) in [5.41, 5.74) is 1.58. The van der Waals surface area contributed by atoms with Crippen LogP contribution < -0.4 is 10.4 Å². The number of aromatic hydroxyl groups is 1. The molecule has 37 heavy (non-hydrogen) atoms. The summed E-state index contributed by atoms with van der Waals surface area (Å²) < 4.78 is 18.8. The Labute approximate surface area is 226 Å². The van der Waals surface area contributed by atoms with Gasteiger partial charge in [-0.25, -0.2) is 9.48 Å². The molecule has 0 spiro atoms. The minimum atomic E-state index is -0.532. The van der Waals surface area contributed by atoms with Crippen molar-refractivity contribution in [1.82, 2.24) is 15.0 Å². The Bertz CT molecular complexity index is 1240. The Morgan fingerprint density at radius 1 is 1.11 bits per heavy atom. The lowest BCUT2D eigenvalue weighted by molar-refractivity contribution is 0.0808. The van der Waals surface area contributed by atoms with Crippen molar-refractivity contribution in [3.63, 3.8) is 0 Å². The van der Waals surface area contributed by atoms with Gasteiger partial charge in [-0.3, -0.25) is 0 Å². The van der Waals surface area contributed by atoms with Gasteiger partial charge < -0.3 is 19.0 Å². The summed E-state index contributed by atoms with van der Waals surface area (Å²) in [7, 11) is 0. The van der Waals surface area contributed by atoms with Crippen LogP contribution in [0.2, 0.25) is 0 Å². The third kappa shape index (κ3) is 7.57. The molecule has 202 valence electrons. The van der Waals surface area contributed by atoms with Gasteiger partial charge in [-0.1, -0.05) is 59.7 Å². The third-order valence-electron chi connectivity index (χ3n) is 6.84. The highest BCUT2D eigenvalue weighted by molar-refractivity contribution is 9.09. The van der Waals surface area contributed by atoms with Gasteiger partial charge in [0.1, 0.15) is 11.3 Å². The first-order valence-electron chi connectivity index (χ1n) is 13.4. The topological polar surface area (TPSA) is 99.6 Å². The van der Waals surface area contributed by atoms with E-state index in [1.807, 2.05) is 26.1 Å². The number of halogens is 1. The number of nitrogens with zero attached hydrogens (tertiary/aromatic N) is 3. The Morgan fingerprint density at radius 3 is 2.59 bits per heavy atom. The van der Waals surface area contributed by atoms with Crippen molar-refractivity contribution >= 4 is 26.9 Å². The molecule has 0 amide bonds. The zero-order valence-corrected chi connectivity index (χ0v) is 23.5. The number of aromatic nitrogens is 3. The molecule has 1 aromatic carbocycles. The fourth-order valence-corrected chi connectivity index (χ4v) is 5.16. The van der Waals surface area contributed by atoms with E-state index in [0.29, 0.717) is 36.5 Å². The fourth-order valence-electron chi connectivity index (χ4n) is 4.77. The van der Waals surface area contributed by atoms with E-state index in [0.717, 1.165) is 35.8 Å². The highest BCUT2D eigenvalue weighted by Gasteiger charge is 2.30. The van der Waals surface area contributed by atoms with Crippen LogP contribution in [0.15, 0.2) is 27.5 Å². The van der Waals surface area contributed by atoms with E-state index < -0.39 is 5.63 Å². The molecule has 1 N–H and O–H groups in total. The first-order valence-corrected chi connectivity index (χ1v) is 14.5. The average molecular weight is 577 g/mol. The van der Waals surface area contributed by atoms with E-state index in [-0.39, 0.29) is 16.9 Å². The lowest BCUT2D eigenvalue weighted by Crippen LogP contribution is -2.32. The molecular weight excluding hydrogens is 538 g/mol. The summed E-state index contributed by atoms with van der Waals surface area (Å²) in [6.07, 6.45) is 13.5. The van der Waals surface area contributed by atoms with E-state index >= 15 is 0 Å². The molecule has 0 aliphatic carbocycles. The number of phenolic OH excluding ortho intramolecular Hbond substituents is 1. The Kier molecular flexibility index (Phi) is 9.65. The maximum absolute atomic E-state index is 12.3. The zero-order valence-electron chi connectivity index (χ0n) is 21.9. The molecule has 3 aromatic rings. The second kappa shape index (κ2) is 12.9. The number of hydrogen-bond acceptors (Lipinski definition) is 7. The van der Waals surface area contributed by atoms with Gasteiger partial charge in [0, 0.05) is 23.4 Å². The molecule has 0 unspecified atom stereocenters. The molecule has 0 bridgehead atoms. The summed E-state index contributed by atoms with van der Waals surface area (Å²) in [6, 6.07) is 3.39. The van der Waals surface area contributed by atoms with Crippen molar-refractivity contribution in [1.29, 1.82) is 0 Å². The minimum Gasteiger partial charge on any atom is -0.502 e. The van der Waals surface area contributed by atoms with E-state index in [1.54, 1.807) is 4.68 Å². The van der Waals surface area contributed by atoms with E-state index in [2.05, 4.69) is 26.2 Å². The SMILES string of the molecule is CC1(C)CCc2cc3c(Cn4cc(COCCCCCCCCCCBr)nn4)cc(=O)oc3c(O)c2O1. The second-order valence-electron chi connectivity index (χ2n) is 10.5. The number of alkyl halides is 1. The van der Waals surface area contributed by atoms with Crippen LogP contribution in [0.5, 0.6) is 11.5 Å². The van der Waals surface area contributed by atoms with Crippen molar-refractivity contribution < 1.29 is 19.0 Å². The van der Waals surface area contributed by atoms with Crippen LogP contribution >= 0.6 is 15.9 Å². The maximum Gasteiger partial charge on any atom is 0.336 e. The predicted octanol–water partition coefficient (Wildman–Crippen LogP) is 6.27. The highest BCUT2D eigenvalue weighted by Crippen LogP contribution is 2.44. The van der Waals surface area contributed by atoms with Crippen LogP contribution in [0.4, 0.5) is 0 Å². The van der Waals surface area contributed by atoms with Crippen LogP contribution in [0.25, 0.3) is 11.0 Å². The zero-order chi connectivity index (χ0) is 26.3. The first-order chi connectivity index (χ1) is 17.9. The van der Waals surface area contributed by atoms with Crippen LogP contribution in [0.3, 0.4) is 0 Å². The van der Waals surface area contributed by atoms with Crippen molar-refractivity contribution in [3.05, 3.63) is 45.6 Å². The second-order valence-corrected chi connectivity index (χ2v) is 11.3. The van der Waals surface area contributed by atoms with Gasteiger partial charge in [-0.2, -0.15) is 0 Å². The smallest absolute Gasteiger partial charge is 0.336 e. The van der Waals surface area contributed by atoms with Crippen LogP contribution in [-0.2, 0) is 24.3 Å². The molecule has 2 aromatic heterocycles. The molecule has 9 heteroatoms. The number of ether oxygens (including phenoxy) is 2. The molecule has 0 saturated carbocycles. The Hall–Kier alpha value is -2.39. The van der Waals surface area contributed by atoms with E-state index in [9.17, 15) is 9.90 Å². The number of rotatable bonds is 14. The molecule has 1 aliphatic rings. The van der Waals surface area contributed by atoms with Crippen LogP contribution in [0, 0.1) is 0 Å². The molecule has 3 heterocycles. The number of aryl methyl sites for hydroxylation is 1. The van der Waals surface area contributed by atoms with Gasteiger partial charge >= 0.3 is 5.63 Å². The summed E-state index contributed by atoms with van der Waals surface area (Å²) in [6.45, 7) is 5.41. The summed E-state index contributed by atoms with van der Waals surface area (Å²) >= 11 is 3.48. The van der Waals surface area contributed by atoms with Crippen molar-refractivity contribution in [3.8, 4) is 11.5 Å². The van der Waals surface area contributed by atoms with E-state index in [1.165, 1.54) is 51.0 Å². The predicted molar refractivity (Wildman–Crippen MR) is 147 cm³/mol. The van der Waals surface area contributed by atoms with Gasteiger partial charge in [0.2, 0.25) is 5.75 Å². The summed E-state index contributed by atoms with van der Waals surface area (Å²) in [4.78, 5) is 12.3. The van der Waals surface area contributed by atoms with Crippen molar-refractivity contribution in [2.45, 2.75) is 96.8 Å². The summed E-state index contributed by atoms with van der Waals surface area (Å²) in [5, 5.41) is 21.1. The maximum atomic E-state index is 12.3. The standard InChI is InChI=1S/C28H38BrN3O5/c1-28(2)12-11-20-15-23-21(16-24(33)36-27(23)25(34)26(20)37-28)17-32-18-22(30-31-32)19-35-14-10-8-6-4-3-5-7-9-13-29/h15-16,18,34H,3-14,17,19H2,1-2H3. The largest absolute Gasteiger partial charge is 0.502 e. The molecule has 0 atom stereocenters. The molecular formula is C28H38BrN3O5. The molecule has 0 saturated heterocycles. The number of phenols is 1.